The van der Waals surface area contributed by atoms with Crippen molar-refractivity contribution in [3.8, 4) is 6.07 Å². The summed E-state index contributed by atoms with van der Waals surface area (Å²) in [4.78, 5) is 44.5. The summed E-state index contributed by atoms with van der Waals surface area (Å²) in [6.07, 6.45) is -0.931. The van der Waals surface area contributed by atoms with Gasteiger partial charge in [0.15, 0.2) is 6.29 Å². The van der Waals surface area contributed by atoms with E-state index < -0.39 is 34.7 Å². The molecule has 3 N–H and O–H groups in total. The predicted octanol–water partition coefficient (Wildman–Crippen LogP) is 5.09. The average Bonchev–Trinajstić information content (AvgIpc) is 2.92. The minimum atomic E-state index is -5.00. The third-order valence-corrected chi connectivity index (χ3v) is 9.00. The molecule has 0 aliphatic rings. The zero-order valence-electron chi connectivity index (χ0n) is 20.9. The van der Waals surface area contributed by atoms with Crippen molar-refractivity contribution in [2.45, 2.75) is 11.4 Å². The molecule has 0 atom stereocenters. The fourth-order valence-electron chi connectivity index (χ4n) is 4.14. The fourth-order valence-corrected chi connectivity index (χ4v) is 7.56. The third kappa shape index (κ3) is 6.77. The lowest BCUT2D eigenvalue weighted by molar-refractivity contribution is 0.0952. The van der Waals surface area contributed by atoms with E-state index in [-0.39, 0.29) is 38.8 Å². The Morgan fingerprint density at radius 3 is 2.24 bits per heavy atom. The van der Waals surface area contributed by atoms with Crippen molar-refractivity contribution in [1.82, 2.24) is 5.32 Å². The summed E-state index contributed by atoms with van der Waals surface area (Å²) in [5.41, 5.74) is 0.862. The molecule has 1 amide bonds. The molecule has 0 aromatic heterocycles. The van der Waals surface area contributed by atoms with E-state index in [1.54, 1.807) is 24.3 Å². The van der Waals surface area contributed by atoms with Crippen LogP contribution >= 0.6 is 30.8 Å². The van der Waals surface area contributed by atoms with Gasteiger partial charge in [0.25, 0.3) is 15.9 Å². The van der Waals surface area contributed by atoms with E-state index in [1.807, 2.05) is 6.07 Å². The van der Waals surface area contributed by atoms with E-state index in [1.165, 1.54) is 36.4 Å². The Morgan fingerprint density at radius 2 is 1.66 bits per heavy atom. The summed E-state index contributed by atoms with van der Waals surface area (Å²) in [6.45, 7) is 0.149. The quantitative estimate of drug-likeness (QED) is 0.170. The number of carbonyl (C=O) groups is 2. The van der Waals surface area contributed by atoms with Crippen LogP contribution in [0.1, 0.15) is 31.8 Å². The molecule has 0 unspecified atom stereocenters. The summed E-state index contributed by atoms with van der Waals surface area (Å²) in [5, 5.41) is 12.1. The maximum Gasteiger partial charge on any atom is 0.345 e. The summed E-state index contributed by atoms with van der Waals surface area (Å²) in [5.74, 6) is -0.488. The van der Waals surface area contributed by atoms with Gasteiger partial charge < -0.3 is 15.1 Å². The van der Waals surface area contributed by atoms with Crippen molar-refractivity contribution in [3.05, 3.63) is 105 Å². The largest absolute Gasteiger partial charge is 0.348 e. The molecule has 0 saturated carbocycles. The van der Waals surface area contributed by atoms with E-state index in [0.717, 1.165) is 17.7 Å². The van der Waals surface area contributed by atoms with E-state index >= 15 is 0 Å². The Bertz CT molecular complexity index is 1850. The van der Waals surface area contributed by atoms with E-state index in [4.69, 9.17) is 28.5 Å². The van der Waals surface area contributed by atoms with Crippen LogP contribution in [-0.4, -0.2) is 36.7 Å². The maximum atomic E-state index is 13.6. The van der Waals surface area contributed by atoms with Crippen LogP contribution in [0.2, 0.25) is 10.0 Å². The molecule has 0 spiro atoms. The number of sulfonamides is 1. The lowest BCUT2D eigenvalue weighted by atomic mass is 9.98. The molecule has 41 heavy (non-hydrogen) atoms. The number of fused-ring (bicyclic) bond motifs is 1. The molecule has 210 valence electrons. The van der Waals surface area contributed by atoms with E-state index in [2.05, 4.69) is 5.32 Å². The van der Waals surface area contributed by atoms with Crippen LogP contribution in [0.4, 0.5) is 5.69 Å². The molecule has 0 saturated heterocycles. The Balaban J connectivity index is 1.79. The first-order valence-electron chi connectivity index (χ1n) is 11.7. The molecule has 0 radical (unpaired) electrons. The summed E-state index contributed by atoms with van der Waals surface area (Å²) in [6, 6.07) is 19.1. The second-order valence-corrected chi connectivity index (χ2v) is 13.1. The molecular weight excluding hydrogens is 612 g/mol. The lowest BCUT2D eigenvalue weighted by Crippen LogP contribution is -2.33. The van der Waals surface area contributed by atoms with Gasteiger partial charge in [-0.25, -0.2) is 8.42 Å². The highest BCUT2D eigenvalue weighted by Crippen LogP contribution is 2.42. The zero-order chi connectivity index (χ0) is 29.9. The van der Waals surface area contributed by atoms with E-state index in [9.17, 15) is 32.4 Å². The standard InChI is InChI=1S/C27H20Cl2N3O7PS/c28-19-10-20(29)12-21(11-19)41(38,39)32(16-40(35,36)37)26-9-8-23-22(25(26)15-33)2-1-3-24(23)27(34)31-14-18-6-4-17(13-30)5-7-18/h1-12,15H,14,16H2,(H,31,34)(H2,35,36,37). The molecule has 0 aliphatic heterocycles. The number of hydrogen-bond donors (Lipinski definition) is 3. The van der Waals surface area contributed by atoms with Crippen molar-refractivity contribution >= 4 is 69.5 Å². The summed E-state index contributed by atoms with van der Waals surface area (Å²) < 4.78 is 39.7. The van der Waals surface area contributed by atoms with Crippen LogP contribution in [0.3, 0.4) is 0 Å². The number of carbonyl (C=O) groups excluding carboxylic acids is 2. The normalized spacial score (nSPS) is 11.6. The number of anilines is 1. The summed E-state index contributed by atoms with van der Waals surface area (Å²) >= 11 is 11.9. The van der Waals surface area contributed by atoms with Gasteiger partial charge in [0.2, 0.25) is 0 Å². The van der Waals surface area contributed by atoms with Crippen LogP contribution in [0.25, 0.3) is 10.8 Å². The summed E-state index contributed by atoms with van der Waals surface area (Å²) in [7, 11) is -9.69. The van der Waals surface area contributed by atoms with Gasteiger partial charge in [-0.3, -0.25) is 18.5 Å². The van der Waals surface area contributed by atoms with Crippen LogP contribution in [0.5, 0.6) is 0 Å². The Kier molecular flexibility index (Phi) is 8.85. The van der Waals surface area contributed by atoms with Gasteiger partial charge in [-0.05, 0) is 58.8 Å². The highest BCUT2D eigenvalue weighted by atomic mass is 35.5. The number of nitrogens with one attached hydrogen (secondary N) is 1. The molecule has 0 fully saturated rings. The number of rotatable bonds is 9. The van der Waals surface area contributed by atoms with Crippen molar-refractivity contribution in [3.63, 3.8) is 0 Å². The number of amides is 1. The smallest absolute Gasteiger partial charge is 0.345 e. The number of nitrogens with zero attached hydrogens (tertiary/aromatic N) is 2. The Labute approximate surface area is 244 Å². The van der Waals surface area contributed by atoms with Crippen molar-refractivity contribution in [2.24, 2.45) is 0 Å². The Hall–Kier alpha value is -3.75. The number of benzene rings is 4. The molecule has 14 heteroatoms. The fraction of sp³-hybridized carbons (Fsp3) is 0.0741. The SMILES string of the molecule is N#Cc1ccc(CNC(=O)c2cccc3c(C=O)c(N(CP(=O)(O)O)S(=O)(=O)c4cc(Cl)cc(Cl)c4)ccc23)cc1. The van der Waals surface area contributed by atoms with Crippen LogP contribution < -0.4 is 9.62 Å². The number of halogens is 2. The minimum absolute atomic E-state index is 0.0296. The highest BCUT2D eigenvalue weighted by Gasteiger charge is 2.33. The molecular formula is C27H20Cl2N3O7PS. The highest BCUT2D eigenvalue weighted by molar-refractivity contribution is 7.93. The van der Waals surface area contributed by atoms with Crippen LogP contribution in [0.15, 0.2) is 77.7 Å². The first kappa shape index (κ1) is 30.2. The van der Waals surface area contributed by atoms with Gasteiger partial charge in [-0.1, -0.05) is 53.5 Å². The topological polar surface area (TPSA) is 165 Å². The van der Waals surface area contributed by atoms with Crippen molar-refractivity contribution < 1.29 is 32.4 Å². The van der Waals surface area contributed by atoms with Gasteiger partial charge in [0, 0.05) is 27.7 Å². The van der Waals surface area contributed by atoms with Crippen molar-refractivity contribution in [1.29, 1.82) is 5.26 Å². The van der Waals surface area contributed by atoms with Crippen molar-refractivity contribution in [2.75, 3.05) is 10.6 Å². The molecule has 4 aromatic rings. The minimum Gasteiger partial charge on any atom is -0.348 e. The van der Waals surface area contributed by atoms with Gasteiger partial charge in [-0.2, -0.15) is 5.26 Å². The first-order valence-corrected chi connectivity index (χ1v) is 15.6. The van der Waals surface area contributed by atoms with Crippen LogP contribution in [0, 0.1) is 11.3 Å². The first-order chi connectivity index (χ1) is 19.3. The van der Waals surface area contributed by atoms with E-state index in [0.29, 0.717) is 21.5 Å². The number of aldehydes is 1. The zero-order valence-corrected chi connectivity index (χ0v) is 24.1. The van der Waals surface area contributed by atoms with Gasteiger partial charge in [0.1, 0.15) is 6.29 Å². The lowest BCUT2D eigenvalue weighted by Gasteiger charge is -2.27. The molecule has 0 bridgehead atoms. The van der Waals surface area contributed by atoms with Gasteiger partial charge in [-0.15, -0.1) is 0 Å². The number of hydrogen-bond acceptors (Lipinski definition) is 6. The van der Waals surface area contributed by atoms with Crippen LogP contribution in [-0.2, 0) is 21.1 Å². The molecule has 10 nitrogen and oxygen atoms in total. The molecule has 4 aromatic carbocycles. The second-order valence-electron chi connectivity index (χ2n) is 8.77. The monoisotopic (exact) mass is 631 g/mol. The average molecular weight is 632 g/mol. The van der Waals surface area contributed by atoms with Gasteiger partial charge in [0.05, 0.1) is 22.2 Å². The molecule has 0 heterocycles. The van der Waals surface area contributed by atoms with Gasteiger partial charge >= 0.3 is 7.60 Å². The Morgan fingerprint density at radius 1 is 1.00 bits per heavy atom. The molecule has 4 rings (SSSR count). The maximum absolute atomic E-state index is 13.6. The second kappa shape index (κ2) is 12.0. The molecule has 0 aliphatic carbocycles. The third-order valence-electron chi connectivity index (χ3n) is 5.98. The predicted molar refractivity (Wildman–Crippen MR) is 155 cm³/mol. The number of nitriles is 1.